The number of hydrogen-bond donors (Lipinski definition) is 3. The van der Waals surface area contributed by atoms with Crippen molar-refractivity contribution >= 4 is 12.4 Å². The largest absolute Gasteiger partial charge is 0.432 e. The molecule has 4 atom stereocenters. The minimum atomic E-state index is -0.834. The molecule has 0 unspecified atom stereocenters. The molecule has 0 spiro atoms. The zero-order valence-corrected chi connectivity index (χ0v) is 9.50. The summed E-state index contributed by atoms with van der Waals surface area (Å²) in [5.41, 5.74) is 0.0967. The van der Waals surface area contributed by atoms with Gasteiger partial charge in [-0.15, -0.1) is 12.4 Å². The van der Waals surface area contributed by atoms with Gasteiger partial charge in [-0.25, -0.2) is 0 Å². The summed E-state index contributed by atoms with van der Waals surface area (Å²) < 4.78 is 12.3. The Morgan fingerprint density at radius 2 is 2.29 bits per heavy atom. The molecule has 1 aromatic heterocycles. The van der Waals surface area contributed by atoms with Crippen LogP contribution in [0.5, 0.6) is 6.01 Å². The summed E-state index contributed by atoms with van der Waals surface area (Å²) in [6.07, 6.45) is -0.478. The van der Waals surface area contributed by atoms with E-state index in [0.29, 0.717) is 0 Å². The Hall–Kier alpha value is -1.15. The first-order chi connectivity index (χ1) is 7.70. The van der Waals surface area contributed by atoms with E-state index in [1.165, 1.54) is 6.07 Å². The van der Waals surface area contributed by atoms with Gasteiger partial charge in [0.2, 0.25) is 6.29 Å². The van der Waals surface area contributed by atoms with Gasteiger partial charge in [-0.3, -0.25) is 9.98 Å². The molecule has 2 aliphatic rings. The molecule has 1 saturated heterocycles. The Morgan fingerprint density at radius 1 is 1.53 bits per heavy atom. The lowest BCUT2D eigenvalue weighted by Gasteiger charge is -2.15. The van der Waals surface area contributed by atoms with E-state index in [9.17, 15) is 5.11 Å². The number of nitrogens with zero attached hydrogens (tertiary/aromatic N) is 2. The van der Waals surface area contributed by atoms with Crippen molar-refractivity contribution in [2.24, 2.45) is 0 Å². The van der Waals surface area contributed by atoms with Gasteiger partial charge < -0.3 is 19.7 Å². The fourth-order valence-corrected chi connectivity index (χ4v) is 2.09. The predicted molar refractivity (Wildman–Crippen MR) is 56.7 cm³/mol. The average molecular weight is 262 g/mol. The van der Waals surface area contributed by atoms with Crippen LogP contribution in [0.25, 0.3) is 0 Å². The lowest BCUT2D eigenvalue weighted by atomic mass is 10.1. The van der Waals surface area contributed by atoms with Gasteiger partial charge in [-0.05, 0) is 6.07 Å². The molecule has 3 heterocycles. The molecule has 94 valence electrons. The second-order valence-electron chi connectivity index (χ2n) is 3.83. The van der Waals surface area contributed by atoms with Crippen LogP contribution in [-0.2, 0) is 4.74 Å². The maximum atomic E-state index is 9.91. The van der Waals surface area contributed by atoms with E-state index >= 15 is 0 Å². The summed E-state index contributed by atoms with van der Waals surface area (Å²) in [5.74, 6) is 0. The van der Waals surface area contributed by atoms with Crippen molar-refractivity contribution in [3.8, 4) is 6.01 Å². The molecule has 0 saturated carbocycles. The van der Waals surface area contributed by atoms with Crippen molar-refractivity contribution in [2.75, 3.05) is 6.61 Å². The van der Waals surface area contributed by atoms with E-state index in [1.54, 1.807) is 10.8 Å². The van der Waals surface area contributed by atoms with E-state index in [-0.39, 0.29) is 30.5 Å². The third-order valence-corrected chi connectivity index (χ3v) is 2.87. The highest BCUT2D eigenvalue weighted by atomic mass is 35.5. The number of aliphatic hydroxyl groups excluding tert-OH is 2. The second-order valence-corrected chi connectivity index (χ2v) is 3.83. The van der Waals surface area contributed by atoms with Gasteiger partial charge in [0, 0.05) is 6.20 Å². The van der Waals surface area contributed by atoms with Crippen molar-refractivity contribution < 1.29 is 19.7 Å². The Balaban J connectivity index is 0.00000108. The normalized spacial score (nSPS) is 33.5. The Kier molecular flexibility index (Phi) is 3.09. The lowest BCUT2D eigenvalue weighted by molar-refractivity contribution is -0.0913. The topological polar surface area (TPSA) is 101 Å². The first kappa shape index (κ1) is 12.3. The minimum absolute atomic E-state index is 0. The number of halogens is 1. The first-order valence-electron chi connectivity index (χ1n) is 4.95. The van der Waals surface area contributed by atoms with Crippen LogP contribution in [0.2, 0.25) is 0 Å². The van der Waals surface area contributed by atoms with Crippen molar-refractivity contribution in [3.63, 3.8) is 0 Å². The Bertz CT molecular complexity index is 480. The molecule has 17 heavy (non-hydrogen) atoms. The highest BCUT2D eigenvalue weighted by Gasteiger charge is 2.50. The van der Waals surface area contributed by atoms with E-state index in [0.717, 1.165) is 0 Å². The zero-order valence-electron chi connectivity index (χ0n) is 8.68. The molecule has 1 aromatic rings. The number of ether oxygens (including phenoxy) is 2. The van der Waals surface area contributed by atoms with Gasteiger partial charge in [-0.1, -0.05) is 0 Å². The monoisotopic (exact) mass is 261 g/mol. The fraction of sp³-hybridized carbons (Fsp3) is 0.556. The van der Waals surface area contributed by atoms with Crippen molar-refractivity contribution in [2.45, 2.75) is 24.5 Å². The summed E-state index contributed by atoms with van der Waals surface area (Å²) in [4.78, 5) is 3.88. The molecule has 8 heteroatoms. The van der Waals surface area contributed by atoms with E-state index in [4.69, 9.17) is 20.0 Å². The molecule has 0 aromatic carbocycles. The zero-order chi connectivity index (χ0) is 11.3. The van der Waals surface area contributed by atoms with Gasteiger partial charge in [0.25, 0.3) is 0 Å². The lowest BCUT2D eigenvalue weighted by Crippen LogP contribution is -2.30. The van der Waals surface area contributed by atoms with Crippen LogP contribution in [0.1, 0.15) is 6.04 Å². The molecule has 3 N–H and O–H groups in total. The maximum absolute atomic E-state index is 9.91. The van der Waals surface area contributed by atoms with Gasteiger partial charge in [-0.2, -0.15) is 4.98 Å². The third-order valence-electron chi connectivity index (χ3n) is 2.87. The number of nitrogens with one attached hydrogen (secondary N) is 1. The maximum Gasteiger partial charge on any atom is 0.301 e. The number of hydrogen-bond acceptors (Lipinski definition) is 6. The highest BCUT2D eigenvalue weighted by Crippen LogP contribution is 2.38. The number of rotatable bonds is 1. The average Bonchev–Trinajstić information content (AvgIpc) is 2.75. The molecule has 0 aliphatic carbocycles. The van der Waals surface area contributed by atoms with Crippen LogP contribution in [0.4, 0.5) is 0 Å². The quantitative estimate of drug-likeness (QED) is 0.589. The van der Waals surface area contributed by atoms with Gasteiger partial charge in [0.15, 0.2) is 5.49 Å². The molecule has 3 rings (SSSR count). The van der Waals surface area contributed by atoms with Crippen LogP contribution < -0.4 is 10.2 Å². The second kappa shape index (κ2) is 4.26. The van der Waals surface area contributed by atoms with E-state index < -0.39 is 24.5 Å². The van der Waals surface area contributed by atoms with E-state index in [2.05, 4.69) is 4.98 Å². The molecular formula is C9H12ClN3O4. The van der Waals surface area contributed by atoms with Gasteiger partial charge >= 0.3 is 6.01 Å². The summed E-state index contributed by atoms with van der Waals surface area (Å²) in [6, 6.07) is 1.37. The number of aliphatic hydroxyl groups is 2. The molecule has 0 amide bonds. The van der Waals surface area contributed by atoms with Crippen LogP contribution in [-0.4, -0.2) is 44.9 Å². The smallest absolute Gasteiger partial charge is 0.301 e. The molecule has 0 bridgehead atoms. The van der Waals surface area contributed by atoms with Crippen LogP contribution in [0, 0.1) is 5.41 Å². The first-order valence-corrected chi connectivity index (χ1v) is 4.95. The molecule has 0 radical (unpaired) electrons. The Morgan fingerprint density at radius 3 is 3.00 bits per heavy atom. The summed E-state index contributed by atoms with van der Waals surface area (Å²) in [5, 5.41) is 26.3. The van der Waals surface area contributed by atoms with Crippen LogP contribution in [0.15, 0.2) is 12.3 Å². The molecule has 7 nitrogen and oxygen atoms in total. The SMILES string of the molecule is Cl.N=c1ccn2c(n1)O[C@H]1O[C@@H](CO)[C@H](O)[C@H]12. The standard InChI is InChI=1S/C9H11N3O4.ClH/c10-5-1-2-12-6-7(14)4(3-13)15-8(6)16-9(12)11-5;/h1-2,4,6-8,10,13-14H,3H2;1H/t4-,6+,7-,8+;/m0./s1. The van der Waals surface area contributed by atoms with Gasteiger partial charge in [0.1, 0.15) is 18.2 Å². The van der Waals surface area contributed by atoms with Crippen molar-refractivity contribution in [1.29, 1.82) is 5.41 Å². The summed E-state index contributed by atoms with van der Waals surface area (Å²) >= 11 is 0. The number of aromatic nitrogens is 2. The minimum Gasteiger partial charge on any atom is -0.432 e. The molecular weight excluding hydrogens is 250 g/mol. The summed E-state index contributed by atoms with van der Waals surface area (Å²) in [7, 11) is 0. The van der Waals surface area contributed by atoms with Crippen LogP contribution >= 0.6 is 12.4 Å². The molecule has 1 fully saturated rings. The highest BCUT2D eigenvalue weighted by molar-refractivity contribution is 5.85. The number of fused-ring (bicyclic) bond motifs is 3. The van der Waals surface area contributed by atoms with Crippen LogP contribution in [0.3, 0.4) is 0 Å². The third kappa shape index (κ3) is 1.71. The van der Waals surface area contributed by atoms with E-state index in [1.807, 2.05) is 0 Å². The molecule has 2 aliphatic heterocycles. The van der Waals surface area contributed by atoms with Crippen molar-refractivity contribution in [3.05, 3.63) is 17.8 Å². The summed E-state index contributed by atoms with van der Waals surface area (Å²) in [6.45, 7) is -0.253. The fourth-order valence-electron chi connectivity index (χ4n) is 2.09. The van der Waals surface area contributed by atoms with Gasteiger partial charge in [0.05, 0.1) is 6.61 Å². The van der Waals surface area contributed by atoms with Crippen molar-refractivity contribution in [1.82, 2.24) is 9.55 Å². The Labute approximate surface area is 103 Å². The predicted octanol–water partition coefficient (Wildman–Crippen LogP) is -1.20.